The first-order valence-electron chi connectivity index (χ1n) is 5.79. The minimum atomic E-state index is -0.845. The predicted octanol–water partition coefficient (Wildman–Crippen LogP) is 3.45. The summed E-state index contributed by atoms with van der Waals surface area (Å²) in [6.45, 7) is 1.81. The van der Waals surface area contributed by atoms with E-state index in [1.807, 2.05) is 67.6 Å². The van der Waals surface area contributed by atoms with Crippen LogP contribution in [0.25, 0.3) is 0 Å². The zero-order chi connectivity index (χ0) is 12.8. The molecule has 0 aliphatic carbocycles. The fraction of sp³-hybridized carbons (Fsp3) is 0.133. The Bertz CT molecular complexity index is 487. The number of nitrogens with zero attached hydrogens (tertiary/aromatic N) is 1. The van der Waals surface area contributed by atoms with Crippen LogP contribution in [0, 0.1) is 11.3 Å². The first kappa shape index (κ1) is 12.0. The molecule has 0 amide bonds. The van der Waals surface area contributed by atoms with Gasteiger partial charge in [0.1, 0.15) is 6.07 Å². The molecule has 0 saturated carbocycles. The Kier molecular flexibility index (Phi) is 3.49. The maximum absolute atomic E-state index is 9.33. The van der Waals surface area contributed by atoms with Crippen molar-refractivity contribution in [1.29, 1.82) is 5.26 Å². The molecule has 0 spiro atoms. The Balaban J connectivity index is 2.14. The van der Waals surface area contributed by atoms with Gasteiger partial charge < -0.3 is 10.6 Å². The van der Waals surface area contributed by atoms with Gasteiger partial charge in [-0.05, 0) is 31.2 Å². The Morgan fingerprint density at radius 3 is 1.56 bits per heavy atom. The largest absolute Gasteiger partial charge is 0.351 e. The summed E-state index contributed by atoms with van der Waals surface area (Å²) in [6.07, 6.45) is 0. The molecule has 3 nitrogen and oxygen atoms in total. The first-order chi connectivity index (χ1) is 8.72. The third-order valence-corrected chi connectivity index (χ3v) is 2.56. The highest BCUT2D eigenvalue weighted by molar-refractivity contribution is 5.54. The maximum Gasteiger partial charge on any atom is 0.195 e. The monoisotopic (exact) mass is 237 g/mol. The van der Waals surface area contributed by atoms with Crippen LogP contribution in [0.3, 0.4) is 0 Å². The highest BCUT2D eigenvalue weighted by Gasteiger charge is 2.22. The second-order valence-electron chi connectivity index (χ2n) is 4.22. The van der Waals surface area contributed by atoms with Crippen LogP contribution in [-0.4, -0.2) is 5.66 Å². The van der Waals surface area contributed by atoms with Crippen molar-refractivity contribution >= 4 is 11.4 Å². The van der Waals surface area contributed by atoms with Crippen LogP contribution in [0.15, 0.2) is 60.7 Å². The van der Waals surface area contributed by atoms with Gasteiger partial charge in [0, 0.05) is 11.4 Å². The summed E-state index contributed by atoms with van der Waals surface area (Å²) in [7, 11) is 0. The smallest absolute Gasteiger partial charge is 0.195 e. The summed E-state index contributed by atoms with van der Waals surface area (Å²) >= 11 is 0. The van der Waals surface area contributed by atoms with Gasteiger partial charge in [0.05, 0.1) is 0 Å². The van der Waals surface area contributed by atoms with Crippen molar-refractivity contribution < 1.29 is 0 Å². The third kappa shape index (κ3) is 3.02. The molecule has 0 heterocycles. The van der Waals surface area contributed by atoms with Gasteiger partial charge >= 0.3 is 0 Å². The standard InChI is InChI=1S/C15H15N3/c1-15(12-16,17-13-8-4-2-5-9-13)18-14-10-6-3-7-11-14/h2-11,17-18H,1H3. The molecule has 2 aromatic rings. The molecule has 2 N–H and O–H groups in total. The van der Waals surface area contributed by atoms with Crippen LogP contribution in [0.4, 0.5) is 11.4 Å². The van der Waals surface area contributed by atoms with E-state index in [1.54, 1.807) is 0 Å². The van der Waals surface area contributed by atoms with Crippen LogP contribution in [0.2, 0.25) is 0 Å². The summed E-state index contributed by atoms with van der Waals surface area (Å²) in [6, 6.07) is 21.6. The number of nitrogens with one attached hydrogen (secondary N) is 2. The number of rotatable bonds is 4. The van der Waals surface area contributed by atoms with Crippen LogP contribution < -0.4 is 10.6 Å². The summed E-state index contributed by atoms with van der Waals surface area (Å²) < 4.78 is 0. The van der Waals surface area contributed by atoms with E-state index in [4.69, 9.17) is 0 Å². The van der Waals surface area contributed by atoms with E-state index in [0.717, 1.165) is 11.4 Å². The Labute approximate surface area is 107 Å². The van der Waals surface area contributed by atoms with E-state index in [-0.39, 0.29) is 0 Å². The molecule has 2 aromatic carbocycles. The molecule has 0 aliphatic rings. The number of hydrogen-bond donors (Lipinski definition) is 2. The number of para-hydroxylation sites is 2. The molecular formula is C15H15N3. The van der Waals surface area contributed by atoms with Crippen LogP contribution in [0.1, 0.15) is 6.92 Å². The van der Waals surface area contributed by atoms with Gasteiger partial charge in [-0.1, -0.05) is 36.4 Å². The molecule has 0 unspecified atom stereocenters. The van der Waals surface area contributed by atoms with Crippen molar-refractivity contribution in [3.63, 3.8) is 0 Å². The molecule has 0 radical (unpaired) electrons. The molecule has 90 valence electrons. The molecule has 3 heteroatoms. The molecule has 0 fully saturated rings. The van der Waals surface area contributed by atoms with Gasteiger partial charge in [-0.25, -0.2) is 0 Å². The van der Waals surface area contributed by atoms with E-state index >= 15 is 0 Å². The Morgan fingerprint density at radius 2 is 1.22 bits per heavy atom. The van der Waals surface area contributed by atoms with Crippen molar-refractivity contribution in [2.24, 2.45) is 0 Å². The van der Waals surface area contributed by atoms with Crippen molar-refractivity contribution in [2.75, 3.05) is 10.6 Å². The second-order valence-corrected chi connectivity index (χ2v) is 4.22. The van der Waals surface area contributed by atoms with Crippen LogP contribution in [-0.2, 0) is 0 Å². The second kappa shape index (κ2) is 5.24. The van der Waals surface area contributed by atoms with Crippen LogP contribution in [0.5, 0.6) is 0 Å². The fourth-order valence-electron chi connectivity index (χ4n) is 1.71. The summed E-state index contributed by atoms with van der Waals surface area (Å²) in [4.78, 5) is 0. The fourth-order valence-corrected chi connectivity index (χ4v) is 1.71. The molecule has 0 atom stereocenters. The van der Waals surface area contributed by atoms with Gasteiger partial charge in [-0.2, -0.15) is 5.26 Å². The zero-order valence-electron chi connectivity index (χ0n) is 10.2. The van der Waals surface area contributed by atoms with Crippen molar-refractivity contribution in [3.05, 3.63) is 60.7 Å². The Morgan fingerprint density at radius 1 is 0.833 bits per heavy atom. The molecule has 18 heavy (non-hydrogen) atoms. The topological polar surface area (TPSA) is 47.9 Å². The minimum absolute atomic E-state index is 0.845. The van der Waals surface area contributed by atoms with E-state index < -0.39 is 5.66 Å². The lowest BCUT2D eigenvalue weighted by Crippen LogP contribution is -2.41. The molecule has 0 aromatic heterocycles. The summed E-state index contributed by atoms with van der Waals surface area (Å²) in [5.41, 5.74) is 0.970. The lowest BCUT2D eigenvalue weighted by molar-refractivity contribution is 0.747. The number of nitriles is 1. The van der Waals surface area contributed by atoms with Gasteiger partial charge in [-0.15, -0.1) is 0 Å². The van der Waals surface area contributed by atoms with Crippen molar-refractivity contribution in [2.45, 2.75) is 12.6 Å². The summed E-state index contributed by atoms with van der Waals surface area (Å²) in [5.74, 6) is 0. The zero-order valence-corrected chi connectivity index (χ0v) is 10.2. The minimum Gasteiger partial charge on any atom is -0.351 e. The molecule has 0 bridgehead atoms. The third-order valence-electron chi connectivity index (χ3n) is 2.56. The SMILES string of the molecule is CC(C#N)(Nc1ccccc1)Nc1ccccc1. The van der Waals surface area contributed by atoms with Gasteiger partial charge in [0.2, 0.25) is 0 Å². The van der Waals surface area contributed by atoms with E-state index in [0.29, 0.717) is 0 Å². The summed E-state index contributed by atoms with van der Waals surface area (Å²) in [5, 5.41) is 15.7. The predicted molar refractivity (Wildman–Crippen MR) is 74.1 cm³/mol. The van der Waals surface area contributed by atoms with E-state index in [1.165, 1.54) is 0 Å². The quantitative estimate of drug-likeness (QED) is 0.801. The van der Waals surface area contributed by atoms with E-state index in [9.17, 15) is 5.26 Å². The van der Waals surface area contributed by atoms with Crippen LogP contribution >= 0.6 is 0 Å². The highest BCUT2D eigenvalue weighted by atomic mass is 15.2. The van der Waals surface area contributed by atoms with Gasteiger partial charge in [0.15, 0.2) is 5.66 Å². The molecule has 2 rings (SSSR count). The molecule has 0 aliphatic heterocycles. The highest BCUT2D eigenvalue weighted by Crippen LogP contribution is 2.17. The lowest BCUT2D eigenvalue weighted by Gasteiger charge is -2.26. The maximum atomic E-state index is 9.33. The molecule has 0 saturated heterocycles. The van der Waals surface area contributed by atoms with Crippen molar-refractivity contribution in [3.8, 4) is 6.07 Å². The number of hydrogen-bond acceptors (Lipinski definition) is 3. The van der Waals surface area contributed by atoms with Crippen molar-refractivity contribution in [1.82, 2.24) is 0 Å². The number of benzene rings is 2. The Hall–Kier alpha value is -2.47. The van der Waals surface area contributed by atoms with E-state index in [2.05, 4.69) is 16.7 Å². The van der Waals surface area contributed by atoms with Gasteiger partial charge in [0.25, 0.3) is 0 Å². The number of anilines is 2. The first-order valence-corrected chi connectivity index (χ1v) is 5.79. The molecular weight excluding hydrogens is 222 g/mol. The lowest BCUT2D eigenvalue weighted by atomic mass is 10.2. The van der Waals surface area contributed by atoms with Gasteiger partial charge in [-0.3, -0.25) is 0 Å². The average Bonchev–Trinajstić information content (AvgIpc) is 2.41. The normalized spacial score (nSPS) is 10.4. The average molecular weight is 237 g/mol.